The van der Waals surface area contributed by atoms with Crippen molar-refractivity contribution in [1.82, 2.24) is 5.01 Å². The zero-order valence-electron chi connectivity index (χ0n) is 15.8. The van der Waals surface area contributed by atoms with Crippen LogP contribution in [0.5, 0.6) is 0 Å². The highest BCUT2D eigenvalue weighted by Gasteiger charge is 2.39. The number of amides is 1. The number of aliphatic imine (C=N–C) groups is 1. The molecule has 11 nitrogen and oxygen atoms in total. The molecule has 0 atom stereocenters. The van der Waals surface area contributed by atoms with Crippen LogP contribution in [-0.2, 0) is 14.6 Å². The standard InChI is InChI=1S/C18H13N5O6S2/c1-2-31(27,28)18-21-22-15(19)13(16(24)20-17(22)30-18)9-12-7-8-14(29-12)10-3-5-11(6-4-10)23(25)26/h3-9,19H,2H2,1H3/b13-9-,19-15?. The lowest BCUT2D eigenvalue weighted by molar-refractivity contribution is -0.384. The van der Waals surface area contributed by atoms with Gasteiger partial charge in [-0.15, -0.1) is 5.10 Å². The molecular formula is C18H13N5O6S2. The van der Waals surface area contributed by atoms with E-state index in [1.54, 1.807) is 12.1 Å². The maximum absolute atomic E-state index is 12.4. The van der Waals surface area contributed by atoms with E-state index in [2.05, 4.69) is 10.1 Å². The second-order valence-electron chi connectivity index (χ2n) is 6.30. The van der Waals surface area contributed by atoms with Gasteiger partial charge < -0.3 is 4.42 Å². The lowest BCUT2D eigenvalue weighted by Crippen LogP contribution is -2.35. The molecule has 1 N–H and O–H groups in total. The Morgan fingerprint density at radius 3 is 2.61 bits per heavy atom. The first kappa shape index (κ1) is 20.7. The van der Waals surface area contributed by atoms with Gasteiger partial charge in [-0.05, 0) is 42.1 Å². The number of nitro benzene ring substituents is 1. The van der Waals surface area contributed by atoms with Crippen molar-refractivity contribution in [3.05, 3.63) is 57.8 Å². The SMILES string of the molecule is CCS(=O)(=O)C1=NN2C(=N)/C(=C/c3ccc(-c4ccc([N+](=O)[O-])cc4)o3)C(=O)N=C2S1. The molecule has 31 heavy (non-hydrogen) atoms. The number of non-ortho nitro benzene ring substituents is 1. The van der Waals surface area contributed by atoms with Crippen molar-refractivity contribution in [3.63, 3.8) is 0 Å². The van der Waals surface area contributed by atoms with Crippen molar-refractivity contribution in [2.75, 3.05) is 5.75 Å². The van der Waals surface area contributed by atoms with E-state index in [-0.39, 0.29) is 38.2 Å². The van der Waals surface area contributed by atoms with Gasteiger partial charge in [-0.1, -0.05) is 6.92 Å². The highest BCUT2D eigenvalue weighted by atomic mass is 32.3. The van der Waals surface area contributed by atoms with Crippen LogP contribution in [-0.4, -0.2) is 45.4 Å². The van der Waals surface area contributed by atoms with Crippen LogP contribution < -0.4 is 0 Å². The van der Waals surface area contributed by atoms with E-state index in [0.29, 0.717) is 11.3 Å². The van der Waals surface area contributed by atoms with Crippen molar-refractivity contribution in [2.24, 2.45) is 10.1 Å². The predicted octanol–water partition coefficient (Wildman–Crippen LogP) is 2.87. The zero-order chi connectivity index (χ0) is 22.3. The van der Waals surface area contributed by atoms with Crippen LogP contribution in [0.2, 0.25) is 0 Å². The van der Waals surface area contributed by atoms with Crippen LogP contribution in [0.15, 0.2) is 56.5 Å². The molecule has 0 saturated carbocycles. The monoisotopic (exact) mass is 459 g/mol. The fraction of sp³-hybridized carbons (Fsp3) is 0.111. The molecule has 158 valence electrons. The molecule has 2 aromatic rings. The lowest BCUT2D eigenvalue weighted by Gasteiger charge is -2.19. The summed E-state index contributed by atoms with van der Waals surface area (Å²) in [5, 5.41) is 24.0. The number of rotatable bonds is 4. The average Bonchev–Trinajstić information content (AvgIpc) is 3.39. The van der Waals surface area contributed by atoms with Crippen LogP contribution in [0.4, 0.5) is 5.69 Å². The van der Waals surface area contributed by atoms with Gasteiger partial charge in [0.1, 0.15) is 11.5 Å². The molecule has 3 heterocycles. The molecule has 0 fully saturated rings. The van der Waals surface area contributed by atoms with Crippen LogP contribution >= 0.6 is 11.8 Å². The Morgan fingerprint density at radius 1 is 1.26 bits per heavy atom. The number of hydrazone groups is 1. The van der Waals surface area contributed by atoms with E-state index in [1.807, 2.05) is 0 Å². The van der Waals surface area contributed by atoms with E-state index < -0.39 is 20.7 Å². The summed E-state index contributed by atoms with van der Waals surface area (Å²) in [6.45, 7) is 1.47. The first-order valence-corrected chi connectivity index (χ1v) is 11.2. The number of fused-ring (bicyclic) bond motifs is 1. The molecule has 1 amide bonds. The summed E-state index contributed by atoms with van der Waals surface area (Å²) >= 11 is 0.724. The number of hydrogen-bond acceptors (Lipinski definition) is 9. The zero-order valence-corrected chi connectivity index (χ0v) is 17.4. The molecule has 0 aliphatic carbocycles. The van der Waals surface area contributed by atoms with Crippen LogP contribution in [0, 0.1) is 15.5 Å². The smallest absolute Gasteiger partial charge is 0.283 e. The molecular weight excluding hydrogens is 446 g/mol. The molecule has 0 saturated heterocycles. The minimum Gasteiger partial charge on any atom is -0.457 e. The lowest BCUT2D eigenvalue weighted by atomic mass is 10.1. The molecule has 0 unspecified atom stereocenters. The van der Waals surface area contributed by atoms with Gasteiger partial charge in [-0.2, -0.15) is 10.0 Å². The van der Waals surface area contributed by atoms with Crippen molar-refractivity contribution >= 4 is 54.6 Å². The Labute approximate surface area is 179 Å². The van der Waals surface area contributed by atoms with Crippen molar-refractivity contribution in [1.29, 1.82) is 5.41 Å². The molecule has 0 radical (unpaired) electrons. The van der Waals surface area contributed by atoms with Gasteiger partial charge in [0.2, 0.25) is 19.4 Å². The fourth-order valence-electron chi connectivity index (χ4n) is 2.70. The number of amidine groups is 2. The largest absolute Gasteiger partial charge is 0.457 e. The van der Waals surface area contributed by atoms with Gasteiger partial charge in [0, 0.05) is 17.7 Å². The maximum atomic E-state index is 12.4. The van der Waals surface area contributed by atoms with Crippen LogP contribution in [0.1, 0.15) is 12.7 Å². The van der Waals surface area contributed by atoms with Gasteiger partial charge in [-0.25, -0.2) is 8.42 Å². The number of hydrogen-bond donors (Lipinski definition) is 1. The third-order valence-corrected chi connectivity index (χ3v) is 7.45. The summed E-state index contributed by atoms with van der Waals surface area (Å²) in [6.07, 6.45) is 1.31. The molecule has 1 aromatic carbocycles. The number of nitrogens with one attached hydrogen (secondary N) is 1. The van der Waals surface area contributed by atoms with E-state index in [4.69, 9.17) is 9.83 Å². The first-order chi connectivity index (χ1) is 14.7. The quantitative estimate of drug-likeness (QED) is 0.415. The Morgan fingerprint density at radius 2 is 1.97 bits per heavy atom. The van der Waals surface area contributed by atoms with E-state index in [9.17, 15) is 23.3 Å². The summed E-state index contributed by atoms with van der Waals surface area (Å²) in [5.74, 6) is -0.550. The topological polar surface area (TPSA) is 159 Å². The summed E-state index contributed by atoms with van der Waals surface area (Å²) in [4.78, 5) is 26.5. The molecule has 2 aliphatic heterocycles. The first-order valence-electron chi connectivity index (χ1n) is 8.77. The number of thioether (sulfide) groups is 1. The second-order valence-corrected chi connectivity index (χ2v) is 9.70. The number of furan rings is 1. The molecule has 13 heteroatoms. The summed E-state index contributed by atoms with van der Waals surface area (Å²) in [7, 11) is -3.61. The molecule has 4 rings (SSSR count). The third-order valence-electron chi connectivity index (χ3n) is 4.36. The van der Waals surface area contributed by atoms with Crippen molar-refractivity contribution < 1.29 is 22.6 Å². The Bertz CT molecular complexity index is 1320. The van der Waals surface area contributed by atoms with Crippen LogP contribution in [0.25, 0.3) is 17.4 Å². The number of sulfone groups is 1. The summed E-state index contributed by atoms with van der Waals surface area (Å²) in [6, 6.07) is 8.94. The minimum atomic E-state index is -3.61. The Hall–Kier alpha value is -3.58. The molecule has 0 spiro atoms. The predicted molar refractivity (Wildman–Crippen MR) is 115 cm³/mol. The number of benzene rings is 1. The van der Waals surface area contributed by atoms with Crippen molar-refractivity contribution in [2.45, 2.75) is 6.92 Å². The molecule has 2 aliphatic rings. The van der Waals surface area contributed by atoms with Crippen LogP contribution in [0.3, 0.4) is 0 Å². The maximum Gasteiger partial charge on any atom is 0.283 e. The third kappa shape index (κ3) is 3.80. The van der Waals surface area contributed by atoms with Gasteiger partial charge >= 0.3 is 0 Å². The Balaban J connectivity index is 1.62. The number of nitrogens with zero attached hydrogens (tertiary/aromatic N) is 4. The number of carbonyl (C=O) groups is 1. The van der Waals surface area contributed by atoms with Crippen molar-refractivity contribution in [3.8, 4) is 11.3 Å². The number of carbonyl (C=O) groups excluding carboxylic acids is 1. The van der Waals surface area contributed by atoms with Gasteiger partial charge in [0.05, 0.1) is 16.2 Å². The highest BCUT2D eigenvalue weighted by Crippen LogP contribution is 2.31. The average molecular weight is 459 g/mol. The van der Waals surface area contributed by atoms with Gasteiger partial charge in [0.15, 0.2) is 5.84 Å². The molecule has 1 aromatic heterocycles. The summed E-state index contributed by atoms with van der Waals surface area (Å²) in [5.41, 5.74) is 0.421. The number of nitro groups is 1. The van der Waals surface area contributed by atoms with E-state index in [0.717, 1.165) is 16.8 Å². The fourth-order valence-corrected chi connectivity index (χ4v) is 4.86. The minimum absolute atomic E-state index is 0.00480. The normalized spacial score (nSPS) is 17.6. The summed E-state index contributed by atoms with van der Waals surface area (Å²) < 4.78 is 29.5. The van der Waals surface area contributed by atoms with E-state index in [1.165, 1.54) is 37.3 Å². The molecule has 0 bridgehead atoms. The second kappa shape index (κ2) is 7.59. The van der Waals surface area contributed by atoms with Gasteiger partial charge in [0.25, 0.3) is 11.6 Å². The van der Waals surface area contributed by atoms with Gasteiger partial charge in [-0.3, -0.25) is 20.3 Å². The van der Waals surface area contributed by atoms with E-state index >= 15 is 0 Å². The highest BCUT2D eigenvalue weighted by molar-refractivity contribution is 8.42. The Kier molecular flexibility index (Phi) is 5.07.